The van der Waals surface area contributed by atoms with Gasteiger partial charge >= 0.3 is 35.5 Å². The van der Waals surface area contributed by atoms with Crippen molar-refractivity contribution in [1.29, 1.82) is 0 Å². The van der Waals surface area contributed by atoms with Crippen molar-refractivity contribution in [1.82, 2.24) is 0 Å². The summed E-state index contributed by atoms with van der Waals surface area (Å²) < 4.78 is 4.06. The van der Waals surface area contributed by atoms with Crippen LogP contribution >= 0.6 is 0 Å². The molecule has 0 saturated carbocycles. The summed E-state index contributed by atoms with van der Waals surface area (Å²) >= 11 is 0. The summed E-state index contributed by atoms with van der Waals surface area (Å²) in [5.41, 5.74) is 0. The van der Waals surface area contributed by atoms with Crippen molar-refractivity contribution < 1.29 is 44.2 Å². The number of hydrogen-bond donors (Lipinski definition) is 0. The number of ether oxygens (including phenoxy) is 1. The molecule has 0 aromatic rings. The normalized spacial score (nSPS) is 8.12. The molecule has 0 radical (unpaired) electrons. The Morgan fingerprint density at radius 2 is 2.25 bits per heavy atom. The third-order valence-electron chi connectivity index (χ3n) is 0.405. The van der Waals surface area contributed by atoms with Gasteiger partial charge in [0.15, 0.2) is 0 Å². The van der Waals surface area contributed by atoms with Crippen LogP contribution in [0.5, 0.6) is 0 Å². The molecule has 0 spiro atoms. The molecule has 4 heteroatoms. The van der Waals surface area contributed by atoms with E-state index in [-0.39, 0.29) is 29.6 Å². The van der Waals surface area contributed by atoms with Crippen LogP contribution < -0.4 is 34.7 Å². The van der Waals surface area contributed by atoms with Gasteiger partial charge in [0, 0.05) is 6.08 Å². The smallest absolute Gasteiger partial charge is 0.878 e. The molecule has 0 aliphatic carbocycles. The Balaban J connectivity index is 0. The van der Waals surface area contributed by atoms with Gasteiger partial charge in [-0.25, -0.2) is 4.79 Å². The molecule has 0 aromatic carbocycles. The average molecular weight is 124 g/mol. The number of esters is 1. The minimum absolute atomic E-state index is 0. The molecule has 0 atom stereocenters. The van der Waals surface area contributed by atoms with Crippen LogP contribution in [0.25, 0.3) is 0 Å². The van der Waals surface area contributed by atoms with Crippen molar-refractivity contribution in [3.8, 4) is 0 Å². The zero-order chi connectivity index (χ0) is 5.70. The Kier molecular flexibility index (Phi) is 9.55. The van der Waals surface area contributed by atoms with Crippen molar-refractivity contribution in [2.24, 2.45) is 0 Å². The van der Waals surface area contributed by atoms with Gasteiger partial charge in [-0.1, -0.05) is 0 Å². The third-order valence-corrected chi connectivity index (χ3v) is 0.405. The molecular formula is C4H5NaO3. The maximum Gasteiger partial charge on any atom is 1.00 e. The van der Waals surface area contributed by atoms with Crippen LogP contribution in [0.4, 0.5) is 0 Å². The fraction of sp³-hybridized carbons (Fsp3) is 0.250. The van der Waals surface area contributed by atoms with Gasteiger partial charge in [0.2, 0.25) is 0 Å². The minimum atomic E-state index is -0.616. The summed E-state index contributed by atoms with van der Waals surface area (Å²) in [6.45, 7) is 0. The number of rotatable bonds is 1. The Hall–Kier alpha value is 0.0100. The van der Waals surface area contributed by atoms with Crippen LogP contribution in [0.1, 0.15) is 0 Å². The van der Waals surface area contributed by atoms with Crippen LogP contribution in [-0.4, -0.2) is 13.1 Å². The number of hydrogen-bond acceptors (Lipinski definition) is 3. The summed E-state index contributed by atoms with van der Waals surface area (Å²) in [7, 11) is 1.21. The topological polar surface area (TPSA) is 49.4 Å². The van der Waals surface area contributed by atoms with E-state index in [1.54, 1.807) is 0 Å². The number of methoxy groups -OCH3 is 1. The van der Waals surface area contributed by atoms with Gasteiger partial charge in [-0.3, -0.25) is 0 Å². The quantitative estimate of drug-likeness (QED) is 0.155. The molecule has 0 N–H and O–H groups in total. The van der Waals surface area contributed by atoms with Gasteiger partial charge in [0.1, 0.15) is 0 Å². The molecule has 0 saturated heterocycles. The summed E-state index contributed by atoms with van der Waals surface area (Å²) in [6, 6.07) is 0. The van der Waals surface area contributed by atoms with Crippen molar-refractivity contribution in [2.45, 2.75) is 0 Å². The first kappa shape index (κ1) is 10.9. The fourth-order valence-electron chi connectivity index (χ4n) is 0.124. The predicted molar refractivity (Wildman–Crippen MR) is 21.2 cm³/mol. The molecular weight excluding hydrogens is 119 g/mol. The van der Waals surface area contributed by atoms with Crippen LogP contribution in [-0.2, 0) is 9.53 Å². The van der Waals surface area contributed by atoms with Crippen molar-refractivity contribution in [3.63, 3.8) is 0 Å². The number of carbonyl (C=O) groups is 1. The Labute approximate surface area is 69.6 Å². The number of carbonyl (C=O) groups excluding carboxylic acids is 1. The Morgan fingerprint density at radius 3 is 2.38 bits per heavy atom. The van der Waals surface area contributed by atoms with E-state index in [1.807, 2.05) is 0 Å². The van der Waals surface area contributed by atoms with E-state index in [0.717, 1.165) is 6.08 Å². The van der Waals surface area contributed by atoms with Crippen LogP contribution in [0.3, 0.4) is 0 Å². The minimum Gasteiger partial charge on any atom is -0.878 e. The summed E-state index contributed by atoms with van der Waals surface area (Å²) in [4.78, 5) is 9.90. The standard InChI is InChI=1S/C4H6O3.Na/c1-7-4(6)2-3-5;/h2-3,5H,1H3;/q;+1/p-1/b3-2+;. The van der Waals surface area contributed by atoms with Gasteiger partial charge in [-0.15, -0.1) is 6.26 Å². The summed E-state index contributed by atoms with van der Waals surface area (Å²) in [5.74, 6) is -0.616. The largest absolute Gasteiger partial charge is 1.00 e. The van der Waals surface area contributed by atoms with Crippen LogP contribution in [0, 0.1) is 0 Å². The van der Waals surface area contributed by atoms with Gasteiger partial charge in [0.05, 0.1) is 7.11 Å². The van der Waals surface area contributed by atoms with Gasteiger partial charge in [-0.2, -0.15) is 0 Å². The maximum atomic E-state index is 9.90. The average Bonchev–Trinajstić information content (AvgIpc) is 1.68. The summed E-state index contributed by atoms with van der Waals surface area (Å²) in [5, 5.41) is 9.42. The van der Waals surface area contributed by atoms with E-state index in [4.69, 9.17) is 0 Å². The van der Waals surface area contributed by atoms with E-state index >= 15 is 0 Å². The van der Waals surface area contributed by atoms with Gasteiger partial charge in [-0.05, 0) is 0 Å². The monoisotopic (exact) mass is 124 g/mol. The molecule has 0 bridgehead atoms. The molecule has 0 heterocycles. The second-order valence-corrected chi connectivity index (χ2v) is 0.826. The zero-order valence-corrected chi connectivity index (χ0v) is 6.88. The molecule has 0 aliphatic heterocycles. The molecule has 0 aliphatic rings. The second kappa shape index (κ2) is 7.01. The Bertz CT molecular complexity index is 89.3. The van der Waals surface area contributed by atoms with Crippen molar-refractivity contribution in [3.05, 3.63) is 12.3 Å². The molecule has 0 unspecified atom stereocenters. The maximum absolute atomic E-state index is 9.90. The SMILES string of the molecule is COC(=O)/C=C/[O-].[Na+]. The predicted octanol–water partition coefficient (Wildman–Crippen LogP) is -3.96. The van der Waals surface area contributed by atoms with E-state index in [9.17, 15) is 9.90 Å². The molecule has 0 fully saturated rings. The molecule has 8 heavy (non-hydrogen) atoms. The fourth-order valence-corrected chi connectivity index (χ4v) is 0.124. The Morgan fingerprint density at radius 1 is 1.75 bits per heavy atom. The molecule has 0 aromatic heterocycles. The molecule has 0 amide bonds. The van der Waals surface area contributed by atoms with E-state index in [1.165, 1.54) is 7.11 Å². The van der Waals surface area contributed by atoms with E-state index in [2.05, 4.69) is 4.74 Å². The van der Waals surface area contributed by atoms with E-state index in [0.29, 0.717) is 6.26 Å². The molecule has 0 rings (SSSR count). The second-order valence-electron chi connectivity index (χ2n) is 0.826. The van der Waals surface area contributed by atoms with E-state index < -0.39 is 5.97 Å². The third kappa shape index (κ3) is 6.01. The molecule has 3 nitrogen and oxygen atoms in total. The van der Waals surface area contributed by atoms with Crippen molar-refractivity contribution >= 4 is 5.97 Å². The van der Waals surface area contributed by atoms with Crippen LogP contribution in [0.15, 0.2) is 12.3 Å². The van der Waals surface area contributed by atoms with Crippen LogP contribution in [0.2, 0.25) is 0 Å². The first-order chi connectivity index (χ1) is 3.31. The van der Waals surface area contributed by atoms with Gasteiger partial charge < -0.3 is 9.84 Å². The molecule has 40 valence electrons. The van der Waals surface area contributed by atoms with Crippen molar-refractivity contribution in [2.75, 3.05) is 7.11 Å². The zero-order valence-electron chi connectivity index (χ0n) is 4.88. The summed E-state index contributed by atoms with van der Waals surface area (Å²) in [6.07, 6.45) is 1.19. The first-order valence-electron chi connectivity index (χ1n) is 1.67. The van der Waals surface area contributed by atoms with Gasteiger partial charge in [0.25, 0.3) is 0 Å². The first-order valence-corrected chi connectivity index (χ1v) is 1.67.